The summed E-state index contributed by atoms with van der Waals surface area (Å²) < 4.78 is 18.0. The van der Waals surface area contributed by atoms with Gasteiger partial charge >= 0.3 is 8.80 Å². The van der Waals surface area contributed by atoms with Crippen LogP contribution >= 0.6 is 0 Å². The molecular formula is C22H30N2O3Si. The summed E-state index contributed by atoms with van der Waals surface area (Å²) in [5.74, 6) is 0. The van der Waals surface area contributed by atoms with Gasteiger partial charge in [0.15, 0.2) is 0 Å². The molecule has 1 aliphatic heterocycles. The maximum Gasteiger partial charge on any atom is 0.537 e. The van der Waals surface area contributed by atoms with E-state index in [0.717, 1.165) is 18.4 Å². The second-order valence-corrected chi connectivity index (χ2v) is 9.10. The maximum atomic E-state index is 6.00. The first-order chi connectivity index (χ1) is 13.7. The van der Waals surface area contributed by atoms with Crippen LogP contribution in [0.2, 0.25) is 0 Å². The predicted molar refractivity (Wildman–Crippen MR) is 115 cm³/mol. The van der Waals surface area contributed by atoms with Crippen molar-refractivity contribution in [1.82, 2.24) is 4.90 Å². The van der Waals surface area contributed by atoms with E-state index in [2.05, 4.69) is 70.7 Å². The molecule has 2 aromatic carbocycles. The summed E-state index contributed by atoms with van der Waals surface area (Å²) in [5.41, 5.74) is 2.45. The minimum absolute atomic E-state index is 0.571. The van der Waals surface area contributed by atoms with Crippen LogP contribution < -0.4 is 10.1 Å². The fourth-order valence-electron chi connectivity index (χ4n) is 3.35. The number of nitrogens with zero attached hydrogens (tertiary/aromatic N) is 2. The third kappa shape index (κ3) is 4.83. The largest absolute Gasteiger partial charge is 0.537 e. The van der Waals surface area contributed by atoms with Crippen LogP contribution in [0.3, 0.4) is 0 Å². The number of rotatable bonds is 10. The lowest BCUT2D eigenvalue weighted by molar-refractivity contribution is 0.0859. The number of hydrogen-bond donors (Lipinski definition) is 0. The van der Waals surface area contributed by atoms with Crippen molar-refractivity contribution >= 4 is 19.7 Å². The lowest BCUT2D eigenvalue weighted by atomic mass is 10.2. The fourth-order valence-corrected chi connectivity index (χ4v) is 5.81. The average Bonchev–Trinajstić information content (AvgIpc) is 3.18. The summed E-state index contributed by atoms with van der Waals surface area (Å²) in [7, 11) is -2.83. The molecule has 0 aromatic heterocycles. The van der Waals surface area contributed by atoms with Gasteiger partial charge in [0.2, 0.25) is 0 Å². The molecule has 6 heteroatoms. The molecule has 0 radical (unpaired) electrons. The molecule has 28 heavy (non-hydrogen) atoms. The molecular weight excluding hydrogens is 368 g/mol. The summed E-state index contributed by atoms with van der Waals surface area (Å²) >= 11 is 0. The molecule has 0 fully saturated rings. The van der Waals surface area contributed by atoms with E-state index in [1.165, 1.54) is 11.3 Å². The van der Waals surface area contributed by atoms with Crippen LogP contribution in [0.15, 0.2) is 67.0 Å². The monoisotopic (exact) mass is 398 g/mol. The van der Waals surface area contributed by atoms with Gasteiger partial charge in [0.1, 0.15) is 0 Å². The summed E-state index contributed by atoms with van der Waals surface area (Å²) in [6.07, 6.45) is 4.27. The Morgan fingerprint density at radius 3 is 1.96 bits per heavy atom. The van der Waals surface area contributed by atoms with Crippen molar-refractivity contribution in [3.05, 3.63) is 72.6 Å². The predicted octanol–water partition coefficient (Wildman–Crippen LogP) is 3.69. The van der Waals surface area contributed by atoms with Crippen LogP contribution in [0.1, 0.15) is 26.3 Å². The normalized spacial score (nSPS) is 14.1. The summed E-state index contributed by atoms with van der Waals surface area (Å²) in [6.45, 7) is 9.35. The van der Waals surface area contributed by atoms with Crippen LogP contribution in [0.4, 0.5) is 5.69 Å². The molecule has 0 N–H and O–H groups in total. The Morgan fingerprint density at radius 1 is 0.786 bits per heavy atom. The third-order valence-electron chi connectivity index (χ3n) is 4.58. The van der Waals surface area contributed by atoms with Crippen molar-refractivity contribution in [3.63, 3.8) is 0 Å². The quantitative estimate of drug-likeness (QED) is 0.570. The Balaban J connectivity index is 1.66. The molecule has 5 nitrogen and oxygen atoms in total. The van der Waals surface area contributed by atoms with E-state index in [0.29, 0.717) is 19.8 Å². The summed E-state index contributed by atoms with van der Waals surface area (Å²) in [4.78, 5) is 4.53. The fraction of sp³-hybridized carbons (Fsp3) is 0.364. The van der Waals surface area contributed by atoms with E-state index in [-0.39, 0.29) is 0 Å². The van der Waals surface area contributed by atoms with Crippen molar-refractivity contribution in [2.75, 3.05) is 31.4 Å². The number of hydrogen-bond acceptors (Lipinski definition) is 5. The lowest BCUT2D eigenvalue weighted by Gasteiger charge is -2.28. The molecule has 0 spiro atoms. The first-order valence-corrected chi connectivity index (χ1v) is 11.7. The van der Waals surface area contributed by atoms with E-state index >= 15 is 0 Å². The molecule has 0 saturated carbocycles. The van der Waals surface area contributed by atoms with Crippen LogP contribution in [-0.4, -0.2) is 40.2 Å². The Labute approximate surface area is 169 Å². The third-order valence-corrected chi connectivity index (χ3v) is 7.62. The smallest absolute Gasteiger partial charge is 0.370 e. The van der Waals surface area contributed by atoms with Crippen molar-refractivity contribution in [2.45, 2.75) is 27.3 Å². The zero-order valence-corrected chi connectivity index (χ0v) is 18.0. The molecule has 0 aliphatic carbocycles. The average molecular weight is 399 g/mol. The van der Waals surface area contributed by atoms with E-state index < -0.39 is 8.80 Å². The van der Waals surface area contributed by atoms with Gasteiger partial charge in [-0.2, -0.15) is 0 Å². The van der Waals surface area contributed by atoms with Crippen LogP contribution in [0.5, 0.6) is 0 Å². The van der Waals surface area contributed by atoms with Gasteiger partial charge in [-0.25, -0.2) is 0 Å². The highest BCUT2D eigenvalue weighted by molar-refractivity contribution is 6.75. The van der Waals surface area contributed by atoms with Crippen molar-refractivity contribution in [3.8, 4) is 0 Å². The Hall–Kier alpha value is -2.12. The lowest BCUT2D eigenvalue weighted by Crippen LogP contribution is -2.56. The van der Waals surface area contributed by atoms with Gasteiger partial charge in [-0.15, -0.1) is 0 Å². The van der Waals surface area contributed by atoms with Crippen LogP contribution in [0, 0.1) is 0 Å². The van der Waals surface area contributed by atoms with E-state index in [1.54, 1.807) is 0 Å². The van der Waals surface area contributed by atoms with Gasteiger partial charge in [0, 0.05) is 49.6 Å². The molecule has 0 amide bonds. The topological polar surface area (TPSA) is 34.2 Å². The molecule has 1 aliphatic rings. The molecule has 3 rings (SSSR count). The molecule has 0 saturated heterocycles. The second-order valence-electron chi connectivity index (χ2n) is 6.54. The second kappa shape index (κ2) is 9.89. The number of para-hydroxylation sites is 1. The molecule has 1 heterocycles. The minimum Gasteiger partial charge on any atom is -0.370 e. The number of benzene rings is 2. The van der Waals surface area contributed by atoms with Gasteiger partial charge in [-0.05, 0) is 38.5 Å². The van der Waals surface area contributed by atoms with Crippen LogP contribution in [-0.2, 0) is 19.8 Å². The highest BCUT2D eigenvalue weighted by atomic mass is 28.4. The maximum absolute atomic E-state index is 6.00. The first-order valence-electron chi connectivity index (χ1n) is 9.96. The van der Waals surface area contributed by atoms with Gasteiger partial charge in [-0.3, -0.25) is 0 Å². The van der Waals surface area contributed by atoms with Crippen molar-refractivity contribution < 1.29 is 13.3 Å². The highest BCUT2D eigenvalue weighted by Crippen LogP contribution is 2.20. The van der Waals surface area contributed by atoms with Gasteiger partial charge in [-0.1, -0.05) is 42.5 Å². The first kappa shape index (κ1) is 20.6. The zero-order chi connectivity index (χ0) is 19.8. The SMILES string of the molecule is CCO[Si](OCC)(OCC)c1ccc(CN2C=CN(c3ccccc3)C2)cc1. The number of anilines is 1. The summed E-state index contributed by atoms with van der Waals surface area (Å²) in [5, 5.41) is 1.02. The van der Waals surface area contributed by atoms with Crippen molar-refractivity contribution in [1.29, 1.82) is 0 Å². The van der Waals surface area contributed by atoms with Gasteiger partial charge in [0.25, 0.3) is 0 Å². The standard InChI is InChI=1S/C22H30N2O3Si/c1-4-25-28(26-5-2,27-6-3)22-14-12-20(13-15-22)18-23-16-17-24(19-23)21-10-8-7-9-11-21/h7-17H,4-6,18-19H2,1-3H3. The molecule has 2 aromatic rings. The van der Waals surface area contributed by atoms with Crippen molar-refractivity contribution in [2.24, 2.45) is 0 Å². The Kier molecular flexibility index (Phi) is 7.28. The molecule has 0 unspecified atom stereocenters. The van der Waals surface area contributed by atoms with E-state index in [9.17, 15) is 0 Å². The van der Waals surface area contributed by atoms with E-state index in [1.807, 2.05) is 26.8 Å². The zero-order valence-electron chi connectivity index (χ0n) is 17.0. The summed E-state index contributed by atoms with van der Waals surface area (Å²) in [6, 6.07) is 18.9. The molecule has 0 atom stereocenters. The van der Waals surface area contributed by atoms with Gasteiger partial charge in [0.05, 0.1) is 6.67 Å². The van der Waals surface area contributed by atoms with E-state index in [4.69, 9.17) is 13.3 Å². The minimum atomic E-state index is -2.83. The molecule has 0 bridgehead atoms. The van der Waals surface area contributed by atoms with Crippen LogP contribution in [0.25, 0.3) is 0 Å². The highest BCUT2D eigenvalue weighted by Gasteiger charge is 2.43. The molecule has 150 valence electrons. The van der Waals surface area contributed by atoms with Gasteiger partial charge < -0.3 is 23.1 Å². The Bertz CT molecular complexity index is 735. The Morgan fingerprint density at radius 2 is 1.39 bits per heavy atom.